The molecule has 0 amide bonds. The van der Waals surface area contributed by atoms with Crippen molar-refractivity contribution < 1.29 is 0 Å². The molecule has 0 spiro atoms. The summed E-state index contributed by atoms with van der Waals surface area (Å²) in [7, 11) is 0. The number of hydrogen-bond acceptors (Lipinski definition) is 3. The van der Waals surface area contributed by atoms with Crippen LogP contribution in [0.25, 0.3) is 10.8 Å². The van der Waals surface area contributed by atoms with Crippen LogP contribution in [0.4, 0.5) is 5.69 Å². The van der Waals surface area contributed by atoms with Gasteiger partial charge in [0, 0.05) is 28.3 Å². The van der Waals surface area contributed by atoms with E-state index in [1.165, 1.54) is 34.2 Å². The number of pyridine rings is 1. The monoisotopic (exact) mass is 280 g/mol. The molecule has 1 saturated carbocycles. The maximum Gasteiger partial charge on any atom is 0.0634 e. The number of anilines is 1. The van der Waals surface area contributed by atoms with E-state index in [2.05, 4.69) is 52.1 Å². The van der Waals surface area contributed by atoms with Gasteiger partial charge in [-0.15, -0.1) is 11.3 Å². The van der Waals surface area contributed by atoms with Crippen molar-refractivity contribution in [2.75, 3.05) is 5.32 Å². The Kier molecular flexibility index (Phi) is 2.92. The van der Waals surface area contributed by atoms with E-state index >= 15 is 0 Å². The highest BCUT2D eigenvalue weighted by atomic mass is 32.1. The fourth-order valence-corrected chi connectivity index (χ4v) is 3.60. The quantitative estimate of drug-likeness (QED) is 0.738. The van der Waals surface area contributed by atoms with Crippen molar-refractivity contribution in [3.63, 3.8) is 0 Å². The maximum atomic E-state index is 4.27. The summed E-state index contributed by atoms with van der Waals surface area (Å²) in [6.07, 6.45) is 6.47. The molecule has 0 saturated heterocycles. The molecular formula is C17H16N2S. The zero-order chi connectivity index (χ0) is 13.4. The van der Waals surface area contributed by atoms with Gasteiger partial charge in [-0.25, -0.2) is 0 Å². The fraction of sp³-hybridized carbons (Fsp3) is 0.235. The van der Waals surface area contributed by atoms with E-state index in [0.717, 1.165) is 5.92 Å². The molecule has 3 aromatic rings. The van der Waals surface area contributed by atoms with Crippen LogP contribution in [0.15, 0.2) is 54.2 Å². The molecular weight excluding hydrogens is 264 g/mol. The zero-order valence-corrected chi connectivity index (χ0v) is 11.9. The highest BCUT2D eigenvalue weighted by molar-refractivity contribution is 7.10. The van der Waals surface area contributed by atoms with E-state index in [-0.39, 0.29) is 0 Å². The van der Waals surface area contributed by atoms with Crippen LogP contribution < -0.4 is 5.32 Å². The van der Waals surface area contributed by atoms with E-state index in [9.17, 15) is 0 Å². The Bertz CT molecular complexity index is 711. The molecule has 0 radical (unpaired) electrons. The molecule has 0 aliphatic heterocycles. The van der Waals surface area contributed by atoms with E-state index < -0.39 is 0 Å². The van der Waals surface area contributed by atoms with Gasteiger partial charge >= 0.3 is 0 Å². The van der Waals surface area contributed by atoms with Crippen molar-refractivity contribution in [1.82, 2.24) is 4.98 Å². The average Bonchev–Trinajstić information content (AvgIpc) is 3.19. The lowest BCUT2D eigenvalue weighted by Crippen LogP contribution is -2.11. The van der Waals surface area contributed by atoms with Gasteiger partial charge in [0.15, 0.2) is 0 Å². The second-order valence-corrected chi connectivity index (χ2v) is 6.36. The number of nitrogens with one attached hydrogen (secondary N) is 1. The Morgan fingerprint density at radius 1 is 1.15 bits per heavy atom. The van der Waals surface area contributed by atoms with Crippen LogP contribution in [-0.2, 0) is 0 Å². The van der Waals surface area contributed by atoms with Crippen LogP contribution in [0.3, 0.4) is 0 Å². The lowest BCUT2D eigenvalue weighted by atomic mass is 10.1. The summed E-state index contributed by atoms with van der Waals surface area (Å²) >= 11 is 1.85. The number of aromatic nitrogens is 1. The number of fused-ring (bicyclic) bond motifs is 1. The highest BCUT2D eigenvalue weighted by Crippen LogP contribution is 2.44. The molecule has 4 rings (SSSR count). The van der Waals surface area contributed by atoms with Crippen LogP contribution in [0, 0.1) is 5.92 Å². The molecule has 0 bridgehead atoms. The molecule has 1 atom stereocenters. The number of benzene rings is 1. The van der Waals surface area contributed by atoms with Crippen molar-refractivity contribution in [1.29, 1.82) is 0 Å². The Morgan fingerprint density at radius 2 is 2.10 bits per heavy atom. The molecule has 1 aromatic carbocycles. The molecule has 20 heavy (non-hydrogen) atoms. The van der Waals surface area contributed by atoms with Crippen molar-refractivity contribution in [3.05, 3.63) is 59.0 Å². The SMILES string of the molecule is c1csc(C(Nc2cccc3ccncc23)C2CC2)c1. The molecule has 1 unspecified atom stereocenters. The topological polar surface area (TPSA) is 24.9 Å². The van der Waals surface area contributed by atoms with Gasteiger partial charge in [0.1, 0.15) is 0 Å². The van der Waals surface area contributed by atoms with Crippen molar-refractivity contribution >= 4 is 27.8 Å². The second kappa shape index (κ2) is 4.91. The minimum atomic E-state index is 0.445. The first-order chi connectivity index (χ1) is 9.92. The molecule has 1 N–H and O–H groups in total. The van der Waals surface area contributed by atoms with Gasteiger partial charge in [-0.3, -0.25) is 4.98 Å². The normalized spacial score (nSPS) is 16.2. The summed E-state index contributed by atoms with van der Waals surface area (Å²) in [4.78, 5) is 5.70. The van der Waals surface area contributed by atoms with Crippen LogP contribution in [0.5, 0.6) is 0 Å². The van der Waals surface area contributed by atoms with E-state index in [1.54, 1.807) is 0 Å². The van der Waals surface area contributed by atoms with Crippen LogP contribution in [0.2, 0.25) is 0 Å². The Hall–Kier alpha value is -1.87. The zero-order valence-electron chi connectivity index (χ0n) is 11.1. The minimum absolute atomic E-state index is 0.445. The molecule has 1 aliphatic carbocycles. The van der Waals surface area contributed by atoms with Gasteiger partial charge in [0.05, 0.1) is 6.04 Å². The van der Waals surface area contributed by atoms with E-state index in [1.807, 2.05) is 23.7 Å². The van der Waals surface area contributed by atoms with Gasteiger partial charge < -0.3 is 5.32 Å². The third-order valence-corrected chi connectivity index (χ3v) is 4.89. The lowest BCUT2D eigenvalue weighted by molar-refractivity contribution is 0.692. The van der Waals surface area contributed by atoms with E-state index in [4.69, 9.17) is 0 Å². The van der Waals surface area contributed by atoms with Crippen LogP contribution in [-0.4, -0.2) is 4.98 Å². The first-order valence-corrected chi connectivity index (χ1v) is 7.92. The molecule has 1 fully saturated rings. The third kappa shape index (κ3) is 2.18. The van der Waals surface area contributed by atoms with Crippen molar-refractivity contribution in [2.45, 2.75) is 18.9 Å². The van der Waals surface area contributed by atoms with Gasteiger partial charge in [0.2, 0.25) is 0 Å². The molecule has 2 heterocycles. The Labute approximate surface area is 122 Å². The van der Waals surface area contributed by atoms with Crippen LogP contribution >= 0.6 is 11.3 Å². The van der Waals surface area contributed by atoms with Crippen molar-refractivity contribution in [3.8, 4) is 0 Å². The molecule has 100 valence electrons. The number of rotatable bonds is 4. The van der Waals surface area contributed by atoms with Crippen LogP contribution in [0.1, 0.15) is 23.8 Å². The number of thiophene rings is 1. The predicted molar refractivity (Wildman–Crippen MR) is 85.1 cm³/mol. The van der Waals surface area contributed by atoms with Gasteiger partial charge in [-0.05, 0) is 47.7 Å². The summed E-state index contributed by atoms with van der Waals surface area (Å²) in [6, 6.07) is 13.3. The molecule has 1 aliphatic rings. The number of nitrogens with zero attached hydrogens (tertiary/aromatic N) is 1. The summed E-state index contributed by atoms with van der Waals surface area (Å²) in [5.74, 6) is 0.778. The highest BCUT2D eigenvalue weighted by Gasteiger charge is 2.33. The lowest BCUT2D eigenvalue weighted by Gasteiger charge is -2.19. The predicted octanol–water partition coefficient (Wildman–Crippen LogP) is 4.86. The standard InChI is InChI=1S/C17H16N2S/c1-3-12-8-9-18-11-14(12)15(4-1)19-17(13-6-7-13)16-5-2-10-20-16/h1-5,8-11,13,17,19H,6-7H2. The number of hydrogen-bond donors (Lipinski definition) is 1. The average molecular weight is 280 g/mol. The summed E-state index contributed by atoms with van der Waals surface area (Å²) < 4.78 is 0. The van der Waals surface area contributed by atoms with Gasteiger partial charge in [-0.1, -0.05) is 18.2 Å². The Balaban J connectivity index is 1.72. The second-order valence-electron chi connectivity index (χ2n) is 5.38. The third-order valence-electron chi connectivity index (χ3n) is 3.94. The molecule has 3 heteroatoms. The smallest absolute Gasteiger partial charge is 0.0634 e. The summed E-state index contributed by atoms with van der Waals surface area (Å²) in [6.45, 7) is 0. The molecule has 2 aromatic heterocycles. The minimum Gasteiger partial charge on any atom is -0.377 e. The van der Waals surface area contributed by atoms with Crippen molar-refractivity contribution in [2.24, 2.45) is 5.92 Å². The summed E-state index contributed by atoms with van der Waals surface area (Å²) in [5, 5.41) is 8.37. The van der Waals surface area contributed by atoms with Gasteiger partial charge in [-0.2, -0.15) is 0 Å². The maximum absolute atomic E-state index is 4.27. The molecule has 2 nitrogen and oxygen atoms in total. The first kappa shape index (κ1) is 11.9. The largest absolute Gasteiger partial charge is 0.377 e. The summed E-state index contributed by atoms with van der Waals surface area (Å²) in [5.41, 5.74) is 1.20. The first-order valence-electron chi connectivity index (χ1n) is 7.04. The van der Waals surface area contributed by atoms with Gasteiger partial charge in [0.25, 0.3) is 0 Å². The van der Waals surface area contributed by atoms with E-state index in [0.29, 0.717) is 6.04 Å². The Morgan fingerprint density at radius 3 is 2.90 bits per heavy atom. The fourth-order valence-electron chi connectivity index (χ4n) is 2.73.